The molecule has 0 bridgehead atoms. The molecule has 5 nitrogen and oxygen atoms in total. The molecule has 0 aromatic heterocycles. The smallest absolute Gasteiger partial charge is 0.256 e. The summed E-state index contributed by atoms with van der Waals surface area (Å²) in [5.74, 6) is 0.515. The van der Waals surface area contributed by atoms with Crippen molar-refractivity contribution in [1.82, 2.24) is 9.80 Å². The molecule has 2 aromatic carbocycles. The number of para-hydroxylation sites is 2. The maximum Gasteiger partial charge on any atom is 0.256 e. The van der Waals surface area contributed by atoms with Crippen molar-refractivity contribution in [3.8, 4) is 0 Å². The largest absolute Gasteiger partial charge is 0.355 e. The molecule has 0 radical (unpaired) electrons. The molecular formula is C23H27N3O2. The van der Waals surface area contributed by atoms with Crippen molar-refractivity contribution >= 4 is 23.2 Å². The molecule has 28 heavy (non-hydrogen) atoms. The Balaban J connectivity index is 1.41. The van der Waals surface area contributed by atoms with Crippen LogP contribution < -0.4 is 5.32 Å². The molecule has 1 aliphatic carbocycles. The second kappa shape index (κ2) is 8.46. The van der Waals surface area contributed by atoms with Gasteiger partial charge in [-0.25, -0.2) is 0 Å². The summed E-state index contributed by atoms with van der Waals surface area (Å²) in [6.45, 7) is 2.46. The second-order valence-corrected chi connectivity index (χ2v) is 7.64. The topological polar surface area (TPSA) is 52.7 Å². The molecule has 2 amide bonds. The molecular weight excluding hydrogens is 350 g/mol. The summed E-state index contributed by atoms with van der Waals surface area (Å²) in [5.41, 5.74) is 2.43. The molecule has 2 aromatic rings. The van der Waals surface area contributed by atoms with Crippen molar-refractivity contribution in [3.05, 3.63) is 60.2 Å². The predicted octanol–water partition coefficient (Wildman–Crippen LogP) is 3.90. The van der Waals surface area contributed by atoms with Gasteiger partial charge in [0.2, 0.25) is 5.91 Å². The highest BCUT2D eigenvalue weighted by Gasteiger charge is 2.31. The number of anilines is 2. The Morgan fingerprint density at radius 2 is 1.39 bits per heavy atom. The van der Waals surface area contributed by atoms with Gasteiger partial charge in [0.25, 0.3) is 5.91 Å². The summed E-state index contributed by atoms with van der Waals surface area (Å²) in [7, 11) is 0. The van der Waals surface area contributed by atoms with Gasteiger partial charge in [-0.1, -0.05) is 43.2 Å². The maximum atomic E-state index is 13.1. The SMILES string of the molecule is O=C(c1ccccc1Nc1ccccc1)N1CCN(C(=O)C2CCCC2)CC1. The maximum absolute atomic E-state index is 13.1. The zero-order valence-electron chi connectivity index (χ0n) is 16.1. The third kappa shape index (κ3) is 4.03. The van der Waals surface area contributed by atoms with Gasteiger partial charge in [0.15, 0.2) is 0 Å². The lowest BCUT2D eigenvalue weighted by molar-refractivity contribution is -0.136. The van der Waals surface area contributed by atoms with Crippen molar-refractivity contribution in [2.45, 2.75) is 25.7 Å². The fraction of sp³-hybridized carbons (Fsp3) is 0.391. The first-order chi connectivity index (χ1) is 13.7. The Morgan fingerprint density at radius 1 is 0.786 bits per heavy atom. The number of amides is 2. The van der Waals surface area contributed by atoms with Gasteiger partial charge in [0, 0.05) is 37.8 Å². The molecule has 1 saturated heterocycles. The van der Waals surface area contributed by atoms with Gasteiger partial charge in [0.1, 0.15) is 0 Å². The number of carbonyl (C=O) groups excluding carboxylic acids is 2. The monoisotopic (exact) mass is 377 g/mol. The van der Waals surface area contributed by atoms with E-state index in [0.717, 1.165) is 24.2 Å². The first-order valence-corrected chi connectivity index (χ1v) is 10.2. The van der Waals surface area contributed by atoms with E-state index in [1.807, 2.05) is 64.4 Å². The number of hydrogen-bond acceptors (Lipinski definition) is 3. The number of carbonyl (C=O) groups is 2. The van der Waals surface area contributed by atoms with Crippen LogP contribution in [0.2, 0.25) is 0 Å². The third-order valence-corrected chi connectivity index (χ3v) is 5.79. The van der Waals surface area contributed by atoms with Gasteiger partial charge in [-0.2, -0.15) is 0 Å². The van der Waals surface area contributed by atoms with Crippen molar-refractivity contribution in [3.63, 3.8) is 0 Å². The lowest BCUT2D eigenvalue weighted by Crippen LogP contribution is -2.51. The highest BCUT2D eigenvalue weighted by atomic mass is 16.2. The molecule has 0 spiro atoms. The van der Waals surface area contributed by atoms with Crippen LogP contribution in [0.15, 0.2) is 54.6 Å². The number of piperazine rings is 1. The Morgan fingerprint density at radius 3 is 2.11 bits per heavy atom. The molecule has 1 heterocycles. The van der Waals surface area contributed by atoms with Crippen LogP contribution in [0.4, 0.5) is 11.4 Å². The minimum absolute atomic E-state index is 0.0204. The van der Waals surface area contributed by atoms with E-state index in [4.69, 9.17) is 0 Å². The van der Waals surface area contributed by atoms with Crippen LogP contribution in [0.5, 0.6) is 0 Å². The normalized spacial score (nSPS) is 17.6. The van der Waals surface area contributed by atoms with Crippen LogP contribution in [0, 0.1) is 5.92 Å². The summed E-state index contributed by atoms with van der Waals surface area (Å²) in [4.78, 5) is 29.6. The first kappa shape index (κ1) is 18.5. The minimum atomic E-state index is 0.0204. The van der Waals surface area contributed by atoms with E-state index in [2.05, 4.69) is 5.32 Å². The third-order valence-electron chi connectivity index (χ3n) is 5.79. The van der Waals surface area contributed by atoms with Gasteiger partial charge in [-0.3, -0.25) is 9.59 Å². The summed E-state index contributed by atoms with van der Waals surface area (Å²) < 4.78 is 0. The fourth-order valence-corrected chi connectivity index (χ4v) is 4.19. The molecule has 0 unspecified atom stereocenters. The van der Waals surface area contributed by atoms with Crippen LogP contribution in [0.25, 0.3) is 0 Å². The van der Waals surface area contributed by atoms with Crippen molar-refractivity contribution < 1.29 is 9.59 Å². The zero-order chi connectivity index (χ0) is 19.3. The fourth-order valence-electron chi connectivity index (χ4n) is 4.19. The predicted molar refractivity (Wildman–Crippen MR) is 111 cm³/mol. The summed E-state index contributed by atoms with van der Waals surface area (Å²) >= 11 is 0. The molecule has 1 aliphatic heterocycles. The number of rotatable bonds is 4. The Hall–Kier alpha value is -2.82. The molecule has 5 heteroatoms. The van der Waals surface area contributed by atoms with Crippen LogP contribution in [0.3, 0.4) is 0 Å². The summed E-state index contributed by atoms with van der Waals surface area (Å²) in [5, 5.41) is 3.34. The van der Waals surface area contributed by atoms with Crippen molar-refractivity contribution in [1.29, 1.82) is 0 Å². The Bertz CT molecular complexity index is 823. The van der Waals surface area contributed by atoms with E-state index in [9.17, 15) is 9.59 Å². The molecule has 2 fully saturated rings. The van der Waals surface area contributed by atoms with Gasteiger partial charge < -0.3 is 15.1 Å². The molecule has 1 N–H and O–H groups in total. The van der Waals surface area contributed by atoms with Crippen LogP contribution in [0.1, 0.15) is 36.0 Å². The van der Waals surface area contributed by atoms with Gasteiger partial charge in [-0.05, 0) is 37.1 Å². The van der Waals surface area contributed by atoms with E-state index >= 15 is 0 Å². The molecule has 1 saturated carbocycles. The van der Waals surface area contributed by atoms with Crippen LogP contribution in [-0.4, -0.2) is 47.8 Å². The van der Waals surface area contributed by atoms with Crippen LogP contribution >= 0.6 is 0 Å². The van der Waals surface area contributed by atoms with Crippen molar-refractivity contribution in [2.75, 3.05) is 31.5 Å². The Labute approximate surface area is 166 Å². The molecule has 2 aliphatic rings. The zero-order valence-corrected chi connectivity index (χ0v) is 16.1. The van der Waals surface area contributed by atoms with E-state index in [1.54, 1.807) is 0 Å². The highest BCUT2D eigenvalue weighted by Crippen LogP contribution is 2.27. The Kier molecular flexibility index (Phi) is 5.60. The van der Waals surface area contributed by atoms with E-state index in [1.165, 1.54) is 12.8 Å². The van der Waals surface area contributed by atoms with Crippen molar-refractivity contribution in [2.24, 2.45) is 5.92 Å². The number of nitrogens with one attached hydrogen (secondary N) is 1. The van der Waals surface area contributed by atoms with E-state index < -0.39 is 0 Å². The minimum Gasteiger partial charge on any atom is -0.355 e. The average Bonchev–Trinajstić information content (AvgIpc) is 3.29. The molecule has 146 valence electrons. The summed E-state index contributed by atoms with van der Waals surface area (Å²) in [6, 6.07) is 17.5. The summed E-state index contributed by atoms with van der Waals surface area (Å²) in [6.07, 6.45) is 4.38. The van der Waals surface area contributed by atoms with Crippen LogP contribution in [-0.2, 0) is 4.79 Å². The molecule has 0 atom stereocenters. The highest BCUT2D eigenvalue weighted by molar-refractivity contribution is 6.00. The van der Waals surface area contributed by atoms with E-state index in [-0.39, 0.29) is 17.7 Å². The number of benzene rings is 2. The second-order valence-electron chi connectivity index (χ2n) is 7.64. The number of hydrogen-bond donors (Lipinski definition) is 1. The average molecular weight is 377 g/mol. The van der Waals surface area contributed by atoms with E-state index in [0.29, 0.717) is 31.7 Å². The van der Waals surface area contributed by atoms with Gasteiger partial charge >= 0.3 is 0 Å². The van der Waals surface area contributed by atoms with Gasteiger partial charge in [-0.15, -0.1) is 0 Å². The lowest BCUT2D eigenvalue weighted by Gasteiger charge is -2.36. The standard InChI is InChI=1S/C23H27N3O2/c27-22(18-8-4-5-9-18)25-14-16-26(17-15-25)23(28)20-12-6-7-13-21(20)24-19-10-2-1-3-11-19/h1-3,6-7,10-13,18,24H,4-5,8-9,14-17H2. The first-order valence-electron chi connectivity index (χ1n) is 10.2. The molecule has 4 rings (SSSR count). The quantitative estimate of drug-likeness (QED) is 0.879. The van der Waals surface area contributed by atoms with Gasteiger partial charge in [0.05, 0.1) is 11.3 Å². The lowest BCUT2D eigenvalue weighted by atomic mass is 10.1. The number of nitrogens with zero attached hydrogens (tertiary/aromatic N) is 2.